The van der Waals surface area contributed by atoms with Crippen molar-refractivity contribution in [3.8, 4) is 5.69 Å². The summed E-state index contributed by atoms with van der Waals surface area (Å²) in [6, 6.07) is 15.6. The molecular weight excluding hydrogens is 334 g/mol. The van der Waals surface area contributed by atoms with Crippen LogP contribution in [-0.4, -0.2) is 22.2 Å². The molecule has 0 fully saturated rings. The van der Waals surface area contributed by atoms with Crippen molar-refractivity contribution in [1.29, 1.82) is 0 Å². The summed E-state index contributed by atoms with van der Waals surface area (Å²) in [6.07, 6.45) is 0.907. The molecular formula is C20H18ClN3O. The summed E-state index contributed by atoms with van der Waals surface area (Å²) in [7, 11) is 0. The van der Waals surface area contributed by atoms with Crippen LogP contribution in [0.5, 0.6) is 0 Å². The fraction of sp³-hybridized carbons (Fsp3) is 0.200. The zero-order chi connectivity index (χ0) is 17.6. The molecule has 0 N–H and O–H groups in total. The van der Waals surface area contributed by atoms with Crippen molar-refractivity contribution in [1.82, 2.24) is 9.78 Å². The summed E-state index contributed by atoms with van der Waals surface area (Å²) in [4.78, 5) is 14.7. The molecule has 126 valence electrons. The molecule has 0 saturated carbocycles. The van der Waals surface area contributed by atoms with Crippen LogP contribution in [-0.2, 0) is 6.42 Å². The van der Waals surface area contributed by atoms with Crippen molar-refractivity contribution < 1.29 is 4.79 Å². The minimum absolute atomic E-state index is 0.0305. The molecule has 0 atom stereocenters. The number of carbonyl (C=O) groups excluding carboxylic acids is 1. The van der Waals surface area contributed by atoms with Crippen LogP contribution in [0.15, 0.2) is 48.5 Å². The zero-order valence-corrected chi connectivity index (χ0v) is 14.9. The third kappa shape index (κ3) is 2.63. The maximum Gasteiger partial charge on any atom is 0.258 e. The van der Waals surface area contributed by atoms with Gasteiger partial charge in [0.1, 0.15) is 0 Å². The Kier molecular flexibility index (Phi) is 3.85. The Bertz CT molecular complexity index is 960. The number of para-hydroxylation sites is 1. The van der Waals surface area contributed by atoms with Crippen LogP contribution in [0.3, 0.4) is 0 Å². The minimum Gasteiger partial charge on any atom is -0.308 e. The van der Waals surface area contributed by atoms with E-state index in [0.29, 0.717) is 10.6 Å². The SMILES string of the molecule is Cc1nn(-c2ccc(C(=O)N3CCc4ccccc43)cc2)c(C)c1Cl. The van der Waals surface area contributed by atoms with Crippen LogP contribution in [0.2, 0.25) is 5.02 Å². The van der Waals surface area contributed by atoms with Crippen molar-refractivity contribution in [3.05, 3.63) is 76.1 Å². The predicted octanol–water partition coefficient (Wildman–Crippen LogP) is 4.35. The van der Waals surface area contributed by atoms with Gasteiger partial charge in [0.25, 0.3) is 5.91 Å². The molecule has 4 rings (SSSR count). The minimum atomic E-state index is 0.0305. The van der Waals surface area contributed by atoms with Gasteiger partial charge >= 0.3 is 0 Å². The monoisotopic (exact) mass is 351 g/mol. The van der Waals surface area contributed by atoms with E-state index in [1.807, 2.05) is 61.2 Å². The molecule has 0 aliphatic carbocycles. The first-order valence-electron chi connectivity index (χ1n) is 8.28. The first-order chi connectivity index (χ1) is 12.1. The number of hydrogen-bond donors (Lipinski definition) is 0. The lowest BCUT2D eigenvalue weighted by Gasteiger charge is -2.17. The molecule has 1 amide bonds. The van der Waals surface area contributed by atoms with Crippen LogP contribution < -0.4 is 4.90 Å². The second-order valence-corrected chi connectivity index (χ2v) is 6.66. The van der Waals surface area contributed by atoms with Gasteiger partial charge in [-0.25, -0.2) is 4.68 Å². The lowest BCUT2D eigenvalue weighted by Crippen LogP contribution is -2.28. The van der Waals surface area contributed by atoms with Crippen molar-refractivity contribution in [2.45, 2.75) is 20.3 Å². The summed E-state index contributed by atoms with van der Waals surface area (Å²) >= 11 is 6.22. The van der Waals surface area contributed by atoms with Gasteiger partial charge in [-0.15, -0.1) is 0 Å². The van der Waals surface area contributed by atoms with E-state index in [1.165, 1.54) is 5.56 Å². The van der Waals surface area contributed by atoms with E-state index in [0.717, 1.165) is 35.7 Å². The van der Waals surface area contributed by atoms with Gasteiger partial charge in [-0.1, -0.05) is 29.8 Å². The number of carbonyl (C=O) groups is 1. The van der Waals surface area contributed by atoms with E-state index in [1.54, 1.807) is 4.68 Å². The smallest absolute Gasteiger partial charge is 0.258 e. The Labute approximate surface area is 151 Å². The van der Waals surface area contributed by atoms with E-state index in [-0.39, 0.29) is 5.91 Å². The normalized spacial score (nSPS) is 13.2. The summed E-state index contributed by atoms with van der Waals surface area (Å²) in [5.41, 5.74) is 5.50. The van der Waals surface area contributed by atoms with Gasteiger partial charge in [0.05, 0.1) is 22.1 Å². The fourth-order valence-electron chi connectivity index (χ4n) is 3.33. The number of benzene rings is 2. The molecule has 2 heterocycles. The van der Waals surface area contributed by atoms with Crippen LogP contribution >= 0.6 is 11.6 Å². The third-order valence-electron chi connectivity index (χ3n) is 4.69. The molecule has 0 saturated heterocycles. The van der Waals surface area contributed by atoms with Crippen LogP contribution in [0, 0.1) is 13.8 Å². The molecule has 0 spiro atoms. The average molecular weight is 352 g/mol. The highest BCUT2D eigenvalue weighted by Crippen LogP contribution is 2.29. The predicted molar refractivity (Wildman–Crippen MR) is 99.9 cm³/mol. The summed E-state index contributed by atoms with van der Waals surface area (Å²) in [6.45, 7) is 4.55. The number of halogens is 1. The van der Waals surface area contributed by atoms with Gasteiger partial charge in [-0.05, 0) is 56.2 Å². The van der Waals surface area contributed by atoms with Crippen molar-refractivity contribution in [2.75, 3.05) is 11.4 Å². The van der Waals surface area contributed by atoms with Crippen LogP contribution in [0.4, 0.5) is 5.69 Å². The molecule has 1 aromatic heterocycles. The van der Waals surface area contributed by atoms with E-state index >= 15 is 0 Å². The van der Waals surface area contributed by atoms with Crippen molar-refractivity contribution in [3.63, 3.8) is 0 Å². The van der Waals surface area contributed by atoms with E-state index in [9.17, 15) is 4.79 Å². The quantitative estimate of drug-likeness (QED) is 0.688. The molecule has 1 aliphatic rings. The van der Waals surface area contributed by atoms with Crippen molar-refractivity contribution in [2.24, 2.45) is 0 Å². The number of fused-ring (bicyclic) bond motifs is 1. The summed E-state index contributed by atoms with van der Waals surface area (Å²) in [5, 5.41) is 5.13. The first-order valence-corrected chi connectivity index (χ1v) is 8.66. The van der Waals surface area contributed by atoms with Crippen LogP contribution in [0.1, 0.15) is 27.3 Å². The highest BCUT2D eigenvalue weighted by molar-refractivity contribution is 6.31. The average Bonchev–Trinajstić information content (AvgIpc) is 3.18. The van der Waals surface area contributed by atoms with Gasteiger partial charge in [-0.3, -0.25) is 4.79 Å². The molecule has 4 nitrogen and oxygen atoms in total. The Balaban J connectivity index is 1.63. The number of anilines is 1. The molecule has 1 aliphatic heterocycles. The Morgan fingerprint density at radius 2 is 1.80 bits per heavy atom. The highest BCUT2D eigenvalue weighted by atomic mass is 35.5. The third-order valence-corrected chi connectivity index (χ3v) is 5.24. The number of hydrogen-bond acceptors (Lipinski definition) is 2. The van der Waals surface area contributed by atoms with Gasteiger partial charge < -0.3 is 4.90 Å². The zero-order valence-electron chi connectivity index (χ0n) is 14.2. The summed E-state index contributed by atoms with van der Waals surface area (Å²) < 4.78 is 1.80. The van der Waals surface area contributed by atoms with E-state index in [2.05, 4.69) is 11.2 Å². The molecule has 0 bridgehead atoms. The topological polar surface area (TPSA) is 38.1 Å². The van der Waals surface area contributed by atoms with Gasteiger partial charge in [0.15, 0.2) is 0 Å². The number of rotatable bonds is 2. The van der Waals surface area contributed by atoms with Crippen molar-refractivity contribution >= 4 is 23.2 Å². The fourth-order valence-corrected chi connectivity index (χ4v) is 3.44. The second-order valence-electron chi connectivity index (χ2n) is 6.28. The molecule has 0 unspecified atom stereocenters. The highest BCUT2D eigenvalue weighted by Gasteiger charge is 2.25. The number of aryl methyl sites for hydroxylation is 1. The molecule has 5 heteroatoms. The second kappa shape index (κ2) is 6.05. The van der Waals surface area contributed by atoms with Gasteiger partial charge in [0, 0.05) is 17.8 Å². The molecule has 0 radical (unpaired) electrons. The molecule has 3 aromatic rings. The van der Waals surface area contributed by atoms with Gasteiger partial charge in [0.2, 0.25) is 0 Å². The standard InChI is InChI=1S/C20H18ClN3O/c1-13-19(21)14(2)24(22-13)17-9-7-16(8-10-17)20(25)23-12-11-15-5-3-4-6-18(15)23/h3-10H,11-12H2,1-2H3. The first kappa shape index (κ1) is 15.9. The maximum atomic E-state index is 12.9. The number of amides is 1. The number of nitrogens with zero attached hydrogens (tertiary/aromatic N) is 3. The maximum absolute atomic E-state index is 12.9. The Hall–Kier alpha value is -2.59. The lowest BCUT2D eigenvalue weighted by molar-refractivity contribution is 0.0989. The Morgan fingerprint density at radius 1 is 1.08 bits per heavy atom. The molecule has 2 aromatic carbocycles. The number of aromatic nitrogens is 2. The van der Waals surface area contributed by atoms with Gasteiger partial charge in [-0.2, -0.15) is 5.10 Å². The lowest BCUT2D eigenvalue weighted by atomic mass is 10.1. The van der Waals surface area contributed by atoms with Crippen LogP contribution in [0.25, 0.3) is 5.69 Å². The largest absolute Gasteiger partial charge is 0.308 e. The summed E-state index contributed by atoms with van der Waals surface area (Å²) in [5.74, 6) is 0.0305. The molecule has 25 heavy (non-hydrogen) atoms. The Morgan fingerprint density at radius 3 is 2.48 bits per heavy atom. The van der Waals surface area contributed by atoms with E-state index in [4.69, 9.17) is 11.6 Å². The van der Waals surface area contributed by atoms with E-state index < -0.39 is 0 Å².